The van der Waals surface area contributed by atoms with E-state index in [-0.39, 0.29) is 29.8 Å². The van der Waals surface area contributed by atoms with Crippen LogP contribution in [0.25, 0.3) is 22.3 Å². The van der Waals surface area contributed by atoms with Gasteiger partial charge in [-0.25, -0.2) is 19.2 Å². The number of benzene rings is 3. The molecule has 1 amide bonds. The zero-order valence-electron chi connectivity index (χ0n) is 19.2. The molecule has 8 heteroatoms. The first kappa shape index (κ1) is 22.6. The molecule has 1 fully saturated rings. The van der Waals surface area contributed by atoms with Crippen LogP contribution in [0.4, 0.5) is 15.0 Å². The molecular formula is C27H25FN4O3. The third-order valence-electron chi connectivity index (χ3n) is 6.07. The van der Waals surface area contributed by atoms with E-state index in [0.29, 0.717) is 30.8 Å². The molecule has 1 aliphatic heterocycles. The number of aromatic hydroxyl groups is 1. The predicted molar refractivity (Wildman–Crippen MR) is 132 cm³/mol. The van der Waals surface area contributed by atoms with E-state index in [4.69, 9.17) is 4.74 Å². The van der Waals surface area contributed by atoms with Crippen molar-refractivity contribution in [2.45, 2.75) is 26.0 Å². The molecule has 5 rings (SSSR count). The molecule has 3 aromatic carbocycles. The Morgan fingerprint density at radius 3 is 2.77 bits per heavy atom. The predicted octanol–water partition coefficient (Wildman–Crippen LogP) is 4.96. The number of carbonyl (C=O) groups excluding carboxylic acids is 1. The number of fused-ring (bicyclic) bond motifs is 1. The molecule has 178 valence electrons. The summed E-state index contributed by atoms with van der Waals surface area (Å²) in [5.41, 5.74) is 2.55. The van der Waals surface area contributed by atoms with Gasteiger partial charge in [-0.1, -0.05) is 42.5 Å². The monoisotopic (exact) mass is 472 g/mol. The van der Waals surface area contributed by atoms with Crippen LogP contribution in [0.2, 0.25) is 0 Å². The summed E-state index contributed by atoms with van der Waals surface area (Å²) in [6.07, 6.45) is 0.235. The number of hydrogen-bond acceptors (Lipinski definition) is 6. The molecule has 7 nitrogen and oxygen atoms in total. The second kappa shape index (κ2) is 9.58. The van der Waals surface area contributed by atoms with Gasteiger partial charge in [0.05, 0.1) is 17.1 Å². The number of aromatic nitrogens is 2. The number of carbonyl (C=O) groups is 1. The van der Waals surface area contributed by atoms with Crippen molar-refractivity contribution in [3.8, 4) is 17.1 Å². The smallest absolute Gasteiger partial charge is 0.407 e. The third-order valence-corrected chi connectivity index (χ3v) is 6.07. The van der Waals surface area contributed by atoms with E-state index in [1.807, 2.05) is 60.4 Å². The summed E-state index contributed by atoms with van der Waals surface area (Å²) in [4.78, 5) is 23.6. The van der Waals surface area contributed by atoms with E-state index >= 15 is 0 Å². The number of anilines is 1. The van der Waals surface area contributed by atoms with E-state index < -0.39 is 11.9 Å². The van der Waals surface area contributed by atoms with E-state index in [0.717, 1.165) is 16.5 Å². The highest BCUT2D eigenvalue weighted by Gasteiger charge is 2.28. The Balaban J connectivity index is 1.38. The van der Waals surface area contributed by atoms with Crippen LogP contribution in [-0.4, -0.2) is 40.3 Å². The summed E-state index contributed by atoms with van der Waals surface area (Å²) < 4.78 is 20.0. The first-order valence-corrected chi connectivity index (χ1v) is 11.5. The molecule has 1 atom stereocenters. The normalized spacial score (nSPS) is 15.4. The van der Waals surface area contributed by atoms with Crippen LogP contribution in [0.3, 0.4) is 0 Å². The fourth-order valence-electron chi connectivity index (χ4n) is 4.31. The van der Waals surface area contributed by atoms with Crippen molar-refractivity contribution in [3.63, 3.8) is 0 Å². The van der Waals surface area contributed by atoms with E-state index in [9.17, 15) is 14.3 Å². The maximum Gasteiger partial charge on any atom is 0.407 e. The summed E-state index contributed by atoms with van der Waals surface area (Å²) in [6.45, 7) is 3.32. The molecule has 2 N–H and O–H groups in total. The Labute approximate surface area is 202 Å². The van der Waals surface area contributed by atoms with Gasteiger partial charge >= 0.3 is 6.09 Å². The number of rotatable bonds is 5. The van der Waals surface area contributed by atoms with Gasteiger partial charge in [0.15, 0.2) is 5.82 Å². The molecule has 0 radical (unpaired) electrons. The molecule has 1 saturated heterocycles. The summed E-state index contributed by atoms with van der Waals surface area (Å²) in [6, 6.07) is 19.3. The fraction of sp³-hybridized carbons (Fsp3) is 0.222. The van der Waals surface area contributed by atoms with Crippen LogP contribution in [0.15, 0.2) is 66.7 Å². The average molecular weight is 473 g/mol. The molecule has 1 aliphatic rings. The molecule has 35 heavy (non-hydrogen) atoms. The Bertz CT molecular complexity index is 1360. The molecular weight excluding hydrogens is 447 g/mol. The minimum absolute atomic E-state index is 0.0319. The maximum atomic E-state index is 14.6. The van der Waals surface area contributed by atoms with Gasteiger partial charge in [0.2, 0.25) is 0 Å². The lowest BCUT2D eigenvalue weighted by Gasteiger charge is -2.21. The van der Waals surface area contributed by atoms with Crippen LogP contribution in [0.5, 0.6) is 5.75 Å². The number of nitrogens with zero attached hydrogens (tertiary/aromatic N) is 3. The number of alkyl carbamates (subject to hydrolysis) is 1. The molecule has 1 aromatic heterocycles. The number of phenols is 1. The molecule has 0 unspecified atom stereocenters. The van der Waals surface area contributed by atoms with Crippen molar-refractivity contribution < 1.29 is 19.0 Å². The number of ether oxygens (including phenoxy) is 1. The second-order valence-corrected chi connectivity index (χ2v) is 8.66. The number of phenolic OH excluding ortho intramolecular Hbond substituents is 1. The fourth-order valence-corrected chi connectivity index (χ4v) is 4.31. The number of amides is 1. The van der Waals surface area contributed by atoms with Crippen molar-refractivity contribution >= 4 is 22.8 Å². The summed E-state index contributed by atoms with van der Waals surface area (Å²) in [5, 5.41) is 14.1. The third kappa shape index (κ3) is 4.87. The van der Waals surface area contributed by atoms with Crippen LogP contribution in [-0.2, 0) is 11.3 Å². The van der Waals surface area contributed by atoms with Gasteiger partial charge in [-0.05, 0) is 48.7 Å². The average Bonchev–Trinajstić information content (AvgIpc) is 3.31. The zero-order chi connectivity index (χ0) is 24.4. The van der Waals surface area contributed by atoms with Gasteiger partial charge < -0.3 is 20.1 Å². The molecule has 0 saturated carbocycles. The highest BCUT2D eigenvalue weighted by Crippen LogP contribution is 2.34. The van der Waals surface area contributed by atoms with Crippen LogP contribution in [0.1, 0.15) is 17.5 Å². The zero-order valence-corrected chi connectivity index (χ0v) is 19.2. The van der Waals surface area contributed by atoms with E-state index in [2.05, 4.69) is 15.3 Å². The van der Waals surface area contributed by atoms with Crippen molar-refractivity contribution in [3.05, 3.63) is 83.7 Å². The van der Waals surface area contributed by atoms with Crippen molar-refractivity contribution in [1.29, 1.82) is 0 Å². The Hall–Kier alpha value is -4.20. The van der Waals surface area contributed by atoms with Crippen LogP contribution in [0, 0.1) is 12.7 Å². The molecule has 4 aromatic rings. The van der Waals surface area contributed by atoms with Gasteiger partial charge in [0.25, 0.3) is 0 Å². The molecule has 0 bridgehead atoms. The molecule has 0 aliphatic carbocycles. The van der Waals surface area contributed by atoms with E-state index in [1.165, 1.54) is 18.2 Å². The Kier molecular flexibility index (Phi) is 6.18. The second-order valence-electron chi connectivity index (χ2n) is 8.66. The van der Waals surface area contributed by atoms with Crippen molar-refractivity contribution in [1.82, 2.24) is 15.3 Å². The van der Waals surface area contributed by atoms with Crippen molar-refractivity contribution in [2.24, 2.45) is 0 Å². The number of aryl methyl sites for hydroxylation is 1. The lowest BCUT2D eigenvalue weighted by atomic mass is 10.1. The first-order valence-electron chi connectivity index (χ1n) is 11.5. The SMILES string of the molecule is Cc1ccc2c(N3CC[C@@H](NC(=O)OCc4ccccc4)C3)nc(-c3c(O)cccc3F)nc2c1. The summed E-state index contributed by atoms with van der Waals surface area (Å²) in [7, 11) is 0. The quantitative estimate of drug-likeness (QED) is 0.427. The molecule has 0 spiro atoms. The number of hydrogen-bond donors (Lipinski definition) is 2. The molecule has 2 heterocycles. The standard InChI is InChI=1S/C27H25FN4O3/c1-17-10-11-20-22(14-17)30-25(24-21(28)8-5-9-23(24)33)31-26(20)32-13-12-19(15-32)29-27(34)35-16-18-6-3-2-4-7-18/h2-11,14,19,33H,12-13,15-16H2,1H3,(H,29,34)/t19-/m1/s1. The van der Waals surface area contributed by atoms with Crippen LogP contribution < -0.4 is 10.2 Å². The van der Waals surface area contributed by atoms with Gasteiger partial charge in [0, 0.05) is 18.5 Å². The number of nitrogens with one attached hydrogen (secondary N) is 1. The lowest BCUT2D eigenvalue weighted by molar-refractivity contribution is 0.136. The van der Waals surface area contributed by atoms with Gasteiger partial charge in [-0.3, -0.25) is 0 Å². The first-order chi connectivity index (χ1) is 17.0. The van der Waals surface area contributed by atoms with Crippen molar-refractivity contribution in [2.75, 3.05) is 18.0 Å². The summed E-state index contributed by atoms with van der Waals surface area (Å²) in [5.74, 6) is -0.0582. The minimum atomic E-state index is -0.593. The highest BCUT2D eigenvalue weighted by molar-refractivity contribution is 5.92. The number of halogens is 1. The maximum absolute atomic E-state index is 14.6. The lowest BCUT2D eigenvalue weighted by Crippen LogP contribution is -2.37. The highest BCUT2D eigenvalue weighted by atomic mass is 19.1. The van der Waals surface area contributed by atoms with Gasteiger partial charge in [0.1, 0.15) is 24.0 Å². The Morgan fingerprint density at radius 2 is 1.97 bits per heavy atom. The minimum Gasteiger partial charge on any atom is -0.507 e. The largest absolute Gasteiger partial charge is 0.507 e. The Morgan fingerprint density at radius 1 is 1.14 bits per heavy atom. The van der Waals surface area contributed by atoms with Gasteiger partial charge in [-0.15, -0.1) is 0 Å². The van der Waals surface area contributed by atoms with Gasteiger partial charge in [-0.2, -0.15) is 0 Å². The van der Waals surface area contributed by atoms with E-state index in [1.54, 1.807) is 0 Å². The topological polar surface area (TPSA) is 87.6 Å². The van der Waals surface area contributed by atoms with Crippen LogP contribution >= 0.6 is 0 Å². The summed E-state index contributed by atoms with van der Waals surface area (Å²) >= 11 is 0.